The van der Waals surface area contributed by atoms with Crippen LogP contribution >= 0.6 is 15.9 Å². The van der Waals surface area contributed by atoms with Crippen molar-refractivity contribution in [3.63, 3.8) is 0 Å². The molecule has 2 rings (SSSR count). The molecule has 26 heavy (non-hydrogen) atoms. The number of hydrogen-bond donors (Lipinski definition) is 0. The molecule has 0 saturated heterocycles. The minimum absolute atomic E-state index is 0.0123. The Morgan fingerprint density at radius 2 is 1.85 bits per heavy atom. The van der Waals surface area contributed by atoms with Crippen molar-refractivity contribution in [3.8, 4) is 5.75 Å². The third-order valence-electron chi connectivity index (χ3n) is 3.29. The van der Waals surface area contributed by atoms with Crippen LogP contribution in [0.4, 0.5) is 18.9 Å². The van der Waals surface area contributed by atoms with E-state index in [1.807, 2.05) is 0 Å². The number of nitrogens with zero attached hydrogens (tertiary/aromatic N) is 1. The van der Waals surface area contributed by atoms with Crippen molar-refractivity contribution in [1.82, 2.24) is 0 Å². The summed E-state index contributed by atoms with van der Waals surface area (Å²) in [5.74, 6) is -2.07. The van der Waals surface area contributed by atoms with Crippen molar-refractivity contribution in [2.24, 2.45) is 0 Å². The minimum atomic E-state index is -4.85. The van der Waals surface area contributed by atoms with E-state index in [1.165, 1.54) is 17.0 Å². The maximum absolute atomic E-state index is 12.4. The average molecular weight is 440 g/mol. The number of methoxy groups -OCH3 is 2. The van der Waals surface area contributed by atoms with Crippen LogP contribution in [0, 0.1) is 0 Å². The fourth-order valence-electron chi connectivity index (χ4n) is 2.21. The monoisotopic (exact) mass is 439 g/mol. The SMILES string of the molecule is COC(=O)C1=C(C(=O)OC)N(c2ccc(OC(F)(F)F)c(Br)c2)COC1. The Balaban J connectivity index is 2.46. The molecule has 0 aliphatic carbocycles. The van der Waals surface area contributed by atoms with Crippen LogP contribution < -0.4 is 9.64 Å². The zero-order chi connectivity index (χ0) is 19.5. The van der Waals surface area contributed by atoms with Crippen LogP contribution in [-0.2, 0) is 23.8 Å². The molecule has 1 aliphatic rings. The van der Waals surface area contributed by atoms with Crippen LogP contribution in [0.15, 0.2) is 33.9 Å². The molecule has 0 N–H and O–H groups in total. The van der Waals surface area contributed by atoms with E-state index in [1.54, 1.807) is 0 Å². The van der Waals surface area contributed by atoms with Gasteiger partial charge in [0.15, 0.2) is 0 Å². The first kappa shape index (κ1) is 20.0. The minimum Gasteiger partial charge on any atom is -0.466 e. The standard InChI is InChI=1S/C15H13BrF3NO6/c1-23-13(21)9-6-25-7-20(12(9)14(22)24-2)8-3-4-11(10(16)5-8)26-15(17,18)19/h3-5H,6-7H2,1-2H3. The average Bonchev–Trinajstić information content (AvgIpc) is 2.60. The Bertz CT molecular complexity index is 749. The molecule has 0 aromatic heterocycles. The number of carbonyl (C=O) groups is 2. The third kappa shape index (κ3) is 4.47. The number of benzene rings is 1. The van der Waals surface area contributed by atoms with E-state index in [2.05, 4.69) is 25.4 Å². The summed E-state index contributed by atoms with van der Waals surface area (Å²) in [6, 6.07) is 3.63. The van der Waals surface area contributed by atoms with Crippen molar-refractivity contribution < 1.29 is 41.7 Å². The molecule has 0 unspecified atom stereocenters. The lowest BCUT2D eigenvalue weighted by atomic mass is 10.1. The van der Waals surface area contributed by atoms with Gasteiger partial charge in [-0.3, -0.25) is 0 Å². The summed E-state index contributed by atoms with van der Waals surface area (Å²) in [5, 5.41) is 0. The largest absolute Gasteiger partial charge is 0.573 e. The predicted molar refractivity (Wildman–Crippen MR) is 85.2 cm³/mol. The van der Waals surface area contributed by atoms with Crippen molar-refractivity contribution in [2.75, 3.05) is 32.5 Å². The number of rotatable bonds is 4. The number of anilines is 1. The number of halogens is 4. The Morgan fingerprint density at radius 3 is 2.38 bits per heavy atom. The van der Waals surface area contributed by atoms with Crippen LogP contribution in [0.3, 0.4) is 0 Å². The van der Waals surface area contributed by atoms with Crippen LogP contribution in [0.25, 0.3) is 0 Å². The van der Waals surface area contributed by atoms with E-state index in [0.717, 1.165) is 20.3 Å². The molecule has 0 radical (unpaired) electrons. The Morgan fingerprint density at radius 1 is 1.19 bits per heavy atom. The van der Waals surface area contributed by atoms with Gasteiger partial charge in [0.25, 0.3) is 0 Å². The van der Waals surface area contributed by atoms with E-state index in [0.29, 0.717) is 0 Å². The Labute approximate surface area is 154 Å². The van der Waals surface area contributed by atoms with Crippen molar-refractivity contribution in [2.45, 2.75) is 6.36 Å². The van der Waals surface area contributed by atoms with Gasteiger partial charge in [0.2, 0.25) is 0 Å². The van der Waals surface area contributed by atoms with Crippen LogP contribution in [0.1, 0.15) is 0 Å². The zero-order valence-electron chi connectivity index (χ0n) is 13.6. The van der Waals surface area contributed by atoms with Gasteiger partial charge in [-0.2, -0.15) is 0 Å². The molecule has 1 heterocycles. The highest BCUT2D eigenvalue weighted by Crippen LogP contribution is 2.35. The number of esters is 2. The number of carbonyl (C=O) groups excluding carboxylic acids is 2. The lowest BCUT2D eigenvalue weighted by Crippen LogP contribution is -2.38. The summed E-state index contributed by atoms with van der Waals surface area (Å²) in [5.41, 5.74) is 0.0761. The second-order valence-electron chi connectivity index (χ2n) is 4.88. The van der Waals surface area contributed by atoms with Gasteiger partial charge in [-0.05, 0) is 34.1 Å². The summed E-state index contributed by atoms with van der Waals surface area (Å²) >= 11 is 2.98. The maximum atomic E-state index is 12.4. The topological polar surface area (TPSA) is 74.3 Å². The van der Waals surface area contributed by atoms with E-state index in [-0.39, 0.29) is 34.8 Å². The molecular weight excluding hydrogens is 427 g/mol. The fraction of sp³-hybridized carbons (Fsp3) is 0.333. The van der Waals surface area contributed by atoms with Crippen molar-refractivity contribution in [3.05, 3.63) is 33.9 Å². The highest BCUT2D eigenvalue weighted by molar-refractivity contribution is 9.10. The molecule has 0 atom stereocenters. The smallest absolute Gasteiger partial charge is 0.466 e. The fourth-order valence-corrected chi connectivity index (χ4v) is 2.66. The summed E-state index contributed by atoms with van der Waals surface area (Å²) in [4.78, 5) is 25.3. The highest BCUT2D eigenvalue weighted by atomic mass is 79.9. The van der Waals surface area contributed by atoms with E-state index in [4.69, 9.17) is 9.47 Å². The maximum Gasteiger partial charge on any atom is 0.573 e. The molecule has 7 nitrogen and oxygen atoms in total. The molecule has 0 fully saturated rings. The highest BCUT2D eigenvalue weighted by Gasteiger charge is 2.34. The normalized spacial score (nSPS) is 14.9. The summed E-state index contributed by atoms with van der Waals surface area (Å²) in [6.45, 7) is -0.305. The van der Waals surface area contributed by atoms with Crippen molar-refractivity contribution >= 4 is 33.6 Å². The van der Waals surface area contributed by atoms with Gasteiger partial charge in [-0.25, -0.2) is 9.59 Å². The Hall–Kier alpha value is -2.27. The summed E-state index contributed by atoms with van der Waals surface area (Å²) < 4.78 is 55.6. The van der Waals surface area contributed by atoms with Crippen LogP contribution in [0.5, 0.6) is 5.75 Å². The molecule has 1 aromatic carbocycles. The van der Waals surface area contributed by atoms with Crippen LogP contribution in [-0.4, -0.2) is 45.9 Å². The molecule has 0 saturated carbocycles. The molecule has 0 amide bonds. The number of ether oxygens (including phenoxy) is 4. The van der Waals surface area contributed by atoms with Gasteiger partial charge >= 0.3 is 18.3 Å². The second-order valence-corrected chi connectivity index (χ2v) is 5.73. The van der Waals surface area contributed by atoms with Crippen LogP contribution in [0.2, 0.25) is 0 Å². The zero-order valence-corrected chi connectivity index (χ0v) is 15.1. The first-order valence-electron chi connectivity index (χ1n) is 6.98. The van der Waals surface area contributed by atoms with Gasteiger partial charge in [-0.15, -0.1) is 13.2 Å². The summed E-state index contributed by atoms with van der Waals surface area (Å²) in [6.07, 6.45) is -4.85. The quantitative estimate of drug-likeness (QED) is 0.667. The van der Waals surface area contributed by atoms with E-state index in [9.17, 15) is 22.8 Å². The molecule has 0 bridgehead atoms. The van der Waals surface area contributed by atoms with Gasteiger partial charge in [0.05, 0.1) is 30.9 Å². The number of alkyl halides is 3. The lowest BCUT2D eigenvalue weighted by Gasteiger charge is -2.31. The Kier molecular flexibility index (Phi) is 6.13. The number of hydrogen-bond acceptors (Lipinski definition) is 7. The molecule has 1 aliphatic heterocycles. The molecule has 0 spiro atoms. The van der Waals surface area contributed by atoms with Gasteiger partial charge in [-0.1, -0.05) is 0 Å². The van der Waals surface area contributed by atoms with Gasteiger partial charge < -0.3 is 23.8 Å². The molecule has 142 valence electrons. The van der Waals surface area contributed by atoms with Gasteiger partial charge in [0, 0.05) is 5.69 Å². The first-order valence-corrected chi connectivity index (χ1v) is 7.77. The molecule has 1 aromatic rings. The van der Waals surface area contributed by atoms with Crippen molar-refractivity contribution in [1.29, 1.82) is 0 Å². The van der Waals surface area contributed by atoms with Gasteiger partial charge in [0.1, 0.15) is 18.2 Å². The molecular formula is C15H13BrF3NO6. The second kappa shape index (κ2) is 7.96. The van der Waals surface area contributed by atoms with E-state index >= 15 is 0 Å². The van der Waals surface area contributed by atoms with E-state index < -0.39 is 24.1 Å². The molecule has 11 heteroatoms. The first-order chi connectivity index (χ1) is 12.2. The third-order valence-corrected chi connectivity index (χ3v) is 3.91. The summed E-state index contributed by atoms with van der Waals surface area (Å²) in [7, 11) is 2.27. The lowest BCUT2D eigenvalue weighted by molar-refractivity contribution is -0.274. The predicted octanol–water partition coefficient (Wildman–Crippen LogP) is 2.74.